The molecule has 1 saturated carbocycles. The highest BCUT2D eigenvalue weighted by Crippen LogP contribution is 2.37. The number of nitrogens with zero attached hydrogens (tertiary/aromatic N) is 1. The Balaban J connectivity index is 1.94. The van der Waals surface area contributed by atoms with Gasteiger partial charge in [-0.25, -0.2) is 8.42 Å². The van der Waals surface area contributed by atoms with E-state index < -0.39 is 10.0 Å². The van der Waals surface area contributed by atoms with Crippen LogP contribution in [-0.4, -0.2) is 52.7 Å². The number of benzene rings is 1. The number of hydrogen-bond acceptors (Lipinski definition) is 5. The average Bonchev–Trinajstić information content (AvgIpc) is 3.27. The van der Waals surface area contributed by atoms with Crippen LogP contribution in [0.15, 0.2) is 23.1 Å². The molecule has 2 fully saturated rings. The van der Waals surface area contributed by atoms with Crippen LogP contribution >= 0.6 is 0 Å². The van der Waals surface area contributed by atoms with Crippen molar-refractivity contribution in [1.29, 1.82) is 0 Å². The molecule has 0 amide bonds. The van der Waals surface area contributed by atoms with Crippen molar-refractivity contribution in [1.82, 2.24) is 4.31 Å². The molecular weight excluding hydrogens is 318 g/mol. The van der Waals surface area contributed by atoms with E-state index in [1.54, 1.807) is 16.4 Å². The summed E-state index contributed by atoms with van der Waals surface area (Å²) < 4.78 is 43.9. The topological polar surface area (TPSA) is 65.1 Å². The monoisotopic (exact) mass is 341 g/mol. The molecule has 0 aromatic heterocycles. The molecular formula is C16H23NO5S. The van der Waals surface area contributed by atoms with Gasteiger partial charge in [0.2, 0.25) is 10.0 Å². The van der Waals surface area contributed by atoms with Crippen molar-refractivity contribution in [3.8, 4) is 11.5 Å². The normalized spacial score (nSPS) is 21.6. The van der Waals surface area contributed by atoms with Crippen molar-refractivity contribution < 1.29 is 22.6 Å². The molecule has 0 N–H and O–H groups in total. The Morgan fingerprint density at radius 1 is 1.22 bits per heavy atom. The van der Waals surface area contributed by atoms with Gasteiger partial charge in [-0.3, -0.25) is 0 Å². The molecule has 0 spiro atoms. The Labute approximate surface area is 137 Å². The first-order valence-corrected chi connectivity index (χ1v) is 9.32. The van der Waals surface area contributed by atoms with Crippen molar-refractivity contribution in [3.05, 3.63) is 18.2 Å². The minimum Gasteiger partial charge on any atom is -0.497 e. The molecule has 1 aromatic rings. The van der Waals surface area contributed by atoms with Gasteiger partial charge < -0.3 is 14.2 Å². The summed E-state index contributed by atoms with van der Waals surface area (Å²) in [5.74, 6) is 1.12. The van der Waals surface area contributed by atoms with Gasteiger partial charge in [-0.15, -0.1) is 0 Å². The van der Waals surface area contributed by atoms with Gasteiger partial charge in [0.1, 0.15) is 16.4 Å². The van der Waals surface area contributed by atoms with E-state index in [9.17, 15) is 8.42 Å². The molecule has 3 rings (SSSR count). The summed E-state index contributed by atoms with van der Waals surface area (Å²) in [7, 11) is -0.628. The molecule has 7 heteroatoms. The summed E-state index contributed by atoms with van der Waals surface area (Å²) in [6, 6.07) is 4.96. The summed E-state index contributed by atoms with van der Waals surface area (Å²) in [5, 5.41) is 0. The van der Waals surface area contributed by atoms with Gasteiger partial charge in [0, 0.05) is 25.3 Å². The number of methoxy groups -OCH3 is 2. The van der Waals surface area contributed by atoms with Crippen LogP contribution in [0.5, 0.6) is 11.5 Å². The molecule has 23 heavy (non-hydrogen) atoms. The van der Waals surface area contributed by atoms with E-state index in [-0.39, 0.29) is 16.9 Å². The van der Waals surface area contributed by atoms with E-state index in [4.69, 9.17) is 14.2 Å². The quantitative estimate of drug-likeness (QED) is 0.758. The Hall–Kier alpha value is -1.31. The fraction of sp³-hybridized carbons (Fsp3) is 0.625. The highest BCUT2D eigenvalue weighted by atomic mass is 32.2. The smallest absolute Gasteiger partial charge is 0.247 e. The second-order valence-corrected chi connectivity index (χ2v) is 7.91. The minimum absolute atomic E-state index is 0.0940. The van der Waals surface area contributed by atoms with Gasteiger partial charge in [0.05, 0.1) is 20.8 Å². The molecule has 0 unspecified atom stereocenters. The molecule has 1 aromatic carbocycles. The standard InChI is InChI=1S/C16H23NO5S/c1-20-14-5-6-15(21-2)16(9-14)23(18,19)17(13-3-4-13)10-12-7-8-22-11-12/h5-6,9,12-13H,3-4,7-8,10-11H2,1-2H3/t12-/m1/s1. The first-order chi connectivity index (χ1) is 11.1. The van der Waals surface area contributed by atoms with Crippen LogP contribution in [-0.2, 0) is 14.8 Å². The van der Waals surface area contributed by atoms with Gasteiger partial charge in [-0.1, -0.05) is 0 Å². The summed E-state index contributed by atoms with van der Waals surface area (Å²) >= 11 is 0. The molecule has 1 atom stereocenters. The SMILES string of the molecule is COc1ccc(OC)c(S(=O)(=O)N(C[C@H]2CCOC2)C2CC2)c1. The first-order valence-electron chi connectivity index (χ1n) is 7.88. The van der Waals surface area contributed by atoms with Crippen LogP contribution in [0.2, 0.25) is 0 Å². The van der Waals surface area contributed by atoms with Gasteiger partial charge in [0.25, 0.3) is 0 Å². The maximum Gasteiger partial charge on any atom is 0.247 e. The van der Waals surface area contributed by atoms with E-state index in [1.165, 1.54) is 20.3 Å². The van der Waals surface area contributed by atoms with Crippen LogP contribution in [0.3, 0.4) is 0 Å². The lowest BCUT2D eigenvalue weighted by molar-refractivity contribution is 0.180. The molecule has 2 aliphatic rings. The van der Waals surface area contributed by atoms with E-state index in [0.717, 1.165) is 19.3 Å². The molecule has 1 heterocycles. The predicted octanol–water partition coefficient (Wildman–Crippen LogP) is 1.89. The first kappa shape index (κ1) is 16.5. The van der Waals surface area contributed by atoms with Gasteiger partial charge >= 0.3 is 0 Å². The Kier molecular flexibility index (Phi) is 4.79. The van der Waals surface area contributed by atoms with Crippen molar-refractivity contribution in [2.45, 2.75) is 30.2 Å². The zero-order valence-corrected chi connectivity index (χ0v) is 14.3. The van der Waals surface area contributed by atoms with E-state index in [0.29, 0.717) is 31.3 Å². The number of rotatable bonds is 7. The van der Waals surface area contributed by atoms with Crippen molar-refractivity contribution in [3.63, 3.8) is 0 Å². The fourth-order valence-electron chi connectivity index (χ4n) is 2.90. The molecule has 1 aliphatic heterocycles. The third-order valence-electron chi connectivity index (χ3n) is 4.37. The Morgan fingerprint density at radius 3 is 2.57 bits per heavy atom. The van der Waals surface area contributed by atoms with Crippen molar-refractivity contribution >= 4 is 10.0 Å². The molecule has 1 aliphatic carbocycles. The predicted molar refractivity (Wildman–Crippen MR) is 85.4 cm³/mol. The summed E-state index contributed by atoms with van der Waals surface area (Å²) in [4.78, 5) is 0.171. The highest BCUT2D eigenvalue weighted by Gasteiger charge is 2.41. The number of hydrogen-bond donors (Lipinski definition) is 0. The highest BCUT2D eigenvalue weighted by molar-refractivity contribution is 7.89. The number of ether oxygens (including phenoxy) is 3. The lowest BCUT2D eigenvalue weighted by atomic mass is 10.1. The van der Waals surface area contributed by atoms with Crippen LogP contribution in [0.25, 0.3) is 0 Å². The van der Waals surface area contributed by atoms with Crippen LogP contribution in [0.4, 0.5) is 0 Å². The van der Waals surface area contributed by atoms with Crippen molar-refractivity contribution in [2.75, 3.05) is 34.0 Å². The maximum absolute atomic E-state index is 13.2. The van der Waals surface area contributed by atoms with E-state index in [2.05, 4.69) is 0 Å². The van der Waals surface area contributed by atoms with Gasteiger partial charge in [-0.2, -0.15) is 4.31 Å². The Bertz CT molecular complexity index is 650. The zero-order valence-electron chi connectivity index (χ0n) is 13.5. The lowest BCUT2D eigenvalue weighted by Gasteiger charge is -2.25. The second kappa shape index (κ2) is 6.67. The van der Waals surface area contributed by atoms with Crippen LogP contribution in [0.1, 0.15) is 19.3 Å². The van der Waals surface area contributed by atoms with Crippen LogP contribution in [0, 0.1) is 5.92 Å². The summed E-state index contributed by atoms with van der Waals surface area (Å²) in [6.45, 7) is 1.85. The molecule has 0 bridgehead atoms. The third-order valence-corrected chi connectivity index (χ3v) is 6.31. The summed E-state index contributed by atoms with van der Waals surface area (Å²) in [5.41, 5.74) is 0. The lowest BCUT2D eigenvalue weighted by Crippen LogP contribution is -2.37. The minimum atomic E-state index is -3.63. The Morgan fingerprint density at radius 2 is 2.00 bits per heavy atom. The second-order valence-electron chi connectivity index (χ2n) is 6.05. The van der Waals surface area contributed by atoms with Crippen LogP contribution < -0.4 is 9.47 Å². The largest absolute Gasteiger partial charge is 0.497 e. The molecule has 0 radical (unpaired) electrons. The zero-order chi connectivity index (χ0) is 16.4. The fourth-order valence-corrected chi connectivity index (χ4v) is 4.83. The molecule has 128 valence electrons. The maximum atomic E-state index is 13.2. The van der Waals surface area contributed by atoms with E-state index >= 15 is 0 Å². The average molecular weight is 341 g/mol. The number of sulfonamides is 1. The van der Waals surface area contributed by atoms with Gasteiger partial charge in [-0.05, 0) is 37.3 Å². The molecule has 1 saturated heterocycles. The van der Waals surface area contributed by atoms with Crippen molar-refractivity contribution in [2.24, 2.45) is 5.92 Å². The summed E-state index contributed by atoms with van der Waals surface area (Å²) in [6.07, 6.45) is 2.74. The van der Waals surface area contributed by atoms with E-state index in [1.807, 2.05) is 0 Å². The van der Waals surface area contributed by atoms with Gasteiger partial charge in [0.15, 0.2) is 0 Å². The molecule has 6 nitrogen and oxygen atoms in total. The third kappa shape index (κ3) is 3.46.